The van der Waals surface area contributed by atoms with Crippen LogP contribution in [0.15, 0.2) is 24.3 Å². The molecule has 2 nitrogen and oxygen atoms in total. The van der Waals surface area contributed by atoms with Gasteiger partial charge in [-0.2, -0.15) is 0 Å². The zero-order valence-electron chi connectivity index (χ0n) is 9.62. The maximum Gasteiger partial charge on any atom is 0.313 e. The number of hydrogen-bond donors (Lipinski definition) is 0. The molecule has 0 aromatic heterocycles. The quantitative estimate of drug-likeness (QED) is 0.708. The molecule has 2 heteroatoms. The Hall–Kier alpha value is -1.31. The van der Waals surface area contributed by atoms with E-state index in [-0.39, 0.29) is 11.9 Å². The molecule has 1 unspecified atom stereocenters. The number of carbonyl (C=O) groups is 1. The van der Waals surface area contributed by atoms with Crippen LogP contribution in [0.4, 0.5) is 0 Å². The second-order valence-electron chi connectivity index (χ2n) is 3.53. The topological polar surface area (TPSA) is 26.3 Å². The monoisotopic (exact) mass is 206 g/mol. The van der Waals surface area contributed by atoms with Gasteiger partial charge in [0.15, 0.2) is 0 Å². The van der Waals surface area contributed by atoms with E-state index in [0.717, 1.165) is 12.0 Å². The van der Waals surface area contributed by atoms with Gasteiger partial charge in [0.05, 0.1) is 12.5 Å². The van der Waals surface area contributed by atoms with Crippen molar-refractivity contribution in [2.24, 2.45) is 0 Å². The minimum Gasteiger partial charge on any atom is -0.466 e. The van der Waals surface area contributed by atoms with Gasteiger partial charge in [-0.3, -0.25) is 4.79 Å². The van der Waals surface area contributed by atoms with E-state index >= 15 is 0 Å². The number of benzene rings is 1. The minimum absolute atomic E-state index is 0.140. The van der Waals surface area contributed by atoms with E-state index in [1.54, 1.807) is 0 Å². The highest BCUT2D eigenvalue weighted by molar-refractivity contribution is 5.78. The summed E-state index contributed by atoms with van der Waals surface area (Å²) in [5.74, 6) is -0.306. The predicted molar refractivity (Wildman–Crippen MR) is 60.9 cm³/mol. The maximum absolute atomic E-state index is 11.6. The molecule has 0 amide bonds. The lowest BCUT2D eigenvalue weighted by atomic mass is 9.94. The van der Waals surface area contributed by atoms with Crippen LogP contribution in [0.2, 0.25) is 0 Å². The zero-order chi connectivity index (χ0) is 11.3. The van der Waals surface area contributed by atoms with Crippen LogP contribution in [0.25, 0.3) is 0 Å². The smallest absolute Gasteiger partial charge is 0.313 e. The third-order valence-corrected chi connectivity index (χ3v) is 2.54. The molecule has 82 valence electrons. The Morgan fingerprint density at radius 2 is 2.00 bits per heavy atom. The predicted octanol–water partition coefficient (Wildman–Crippen LogP) is 2.92. The van der Waals surface area contributed by atoms with Gasteiger partial charge in [-0.05, 0) is 31.4 Å². The van der Waals surface area contributed by atoms with Crippen molar-refractivity contribution in [3.05, 3.63) is 35.4 Å². The Morgan fingerprint density at radius 1 is 1.33 bits per heavy atom. The van der Waals surface area contributed by atoms with E-state index in [1.165, 1.54) is 5.56 Å². The van der Waals surface area contributed by atoms with Crippen molar-refractivity contribution in [2.45, 2.75) is 33.1 Å². The first-order valence-corrected chi connectivity index (χ1v) is 5.45. The summed E-state index contributed by atoms with van der Waals surface area (Å²) in [7, 11) is 0. The molecular formula is C13H18O2. The fourth-order valence-corrected chi connectivity index (χ4v) is 1.67. The highest BCUT2D eigenvalue weighted by Crippen LogP contribution is 2.21. The molecule has 0 heterocycles. The second kappa shape index (κ2) is 5.54. The molecule has 0 bridgehead atoms. The average Bonchev–Trinajstić information content (AvgIpc) is 2.28. The van der Waals surface area contributed by atoms with Crippen molar-refractivity contribution < 1.29 is 9.53 Å². The van der Waals surface area contributed by atoms with Crippen LogP contribution < -0.4 is 0 Å². The minimum atomic E-state index is -0.166. The number of hydrogen-bond acceptors (Lipinski definition) is 2. The Bertz CT molecular complexity index is 331. The van der Waals surface area contributed by atoms with Crippen LogP contribution in [0, 0.1) is 0 Å². The van der Waals surface area contributed by atoms with Crippen LogP contribution in [0.3, 0.4) is 0 Å². The van der Waals surface area contributed by atoms with Gasteiger partial charge in [-0.25, -0.2) is 0 Å². The third kappa shape index (κ3) is 2.82. The van der Waals surface area contributed by atoms with Crippen LogP contribution in [-0.4, -0.2) is 12.6 Å². The zero-order valence-corrected chi connectivity index (χ0v) is 9.62. The molecule has 1 aromatic rings. The largest absolute Gasteiger partial charge is 0.466 e. The van der Waals surface area contributed by atoms with E-state index in [0.29, 0.717) is 6.61 Å². The van der Waals surface area contributed by atoms with E-state index in [1.807, 2.05) is 32.0 Å². The molecule has 0 aliphatic carbocycles. The molecule has 1 atom stereocenters. The molecule has 0 aliphatic rings. The molecule has 0 spiro atoms. The first-order valence-electron chi connectivity index (χ1n) is 5.45. The van der Waals surface area contributed by atoms with Gasteiger partial charge >= 0.3 is 5.97 Å². The molecule has 15 heavy (non-hydrogen) atoms. The Balaban J connectivity index is 2.89. The van der Waals surface area contributed by atoms with Gasteiger partial charge in [-0.1, -0.05) is 31.2 Å². The van der Waals surface area contributed by atoms with Crippen molar-refractivity contribution in [3.8, 4) is 0 Å². The van der Waals surface area contributed by atoms with Crippen molar-refractivity contribution in [1.29, 1.82) is 0 Å². The first-order chi connectivity index (χ1) is 7.20. The Kier molecular flexibility index (Phi) is 4.35. The van der Waals surface area contributed by atoms with Crippen molar-refractivity contribution in [1.82, 2.24) is 0 Å². The summed E-state index contributed by atoms with van der Waals surface area (Å²) in [6, 6.07) is 8.02. The number of ether oxygens (including phenoxy) is 1. The molecule has 0 saturated carbocycles. The Morgan fingerprint density at radius 3 is 2.60 bits per heavy atom. The van der Waals surface area contributed by atoms with Crippen LogP contribution in [-0.2, 0) is 16.0 Å². The van der Waals surface area contributed by atoms with Crippen molar-refractivity contribution >= 4 is 5.97 Å². The van der Waals surface area contributed by atoms with Crippen molar-refractivity contribution in [3.63, 3.8) is 0 Å². The van der Waals surface area contributed by atoms with Gasteiger partial charge in [0.2, 0.25) is 0 Å². The number of carbonyl (C=O) groups excluding carboxylic acids is 1. The average molecular weight is 206 g/mol. The lowest BCUT2D eigenvalue weighted by Gasteiger charge is -2.14. The number of aryl methyl sites for hydroxylation is 1. The molecular weight excluding hydrogens is 188 g/mol. The maximum atomic E-state index is 11.6. The second-order valence-corrected chi connectivity index (χ2v) is 3.53. The van der Waals surface area contributed by atoms with Crippen LogP contribution >= 0.6 is 0 Å². The molecule has 1 rings (SSSR count). The lowest BCUT2D eigenvalue weighted by Crippen LogP contribution is -2.14. The van der Waals surface area contributed by atoms with E-state index < -0.39 is 0 Å². The first kappa shape index (κ1) is 11.8. The summed E-state index contributed by atoms with van der Waals surface area (Å²) in [6.07, 6.45) is 0.944. The Labute approximate surface area is 91.3 Å². The summed E-state index contributed by atoms with van der Waals surface area (Å²) in [5, 5.41) is 0. The summed E-state index contributed by atoms with van der Waals surface area (Å²) in [6.45, 7) is 6.26. The summed E-state index contributed by atoms with van der Waals surface area (Å²) < 4.78 is 5.02. The lowest BCUT2D eigenvalue weighted by molar-refractivity contribution is -0.144. The number of esters is 1. The number of rotatable bonds is 4. The van der Waals surface area contributed by atoms with Gasteiger partial charge in [0.1, 0.15) is 0 Å². The van der Waals surface area contributed by atoms with Crippen LogP contribution in [0.5, 0.6) is 0 Å². The fourth-order valence-electron chi connectivity index (χ4n) is 1.67. The van der Waals surface area contributed by atoms with Gasteiger partial charge < -0.3 is 4.74 Å². The third-order valence-electron chi connectivity index (χ3n) is 2.54. The molecule has 1 aromatic carbocycles. The SMILES string of the molecule is CCOC(=O)C(C)c1ccccc1CC. The summed E-state index contributed by atoms with van der Waals surface area (Å²) >= 11 is 0. The molecule has 0 fully saturated rings. The highest BCUT2D eigenvalue weighted by atomic mass is 16.5. The van der Waals surface area contributed by atoms with Gasteiger partial charge in [0, 0.05) is 0 Å². The van der Waals surface area contributed by atoms with Crippen molar-refractivity contribution in [2.75, 3.05) is 6.61 Å². The van der Waals surface area contributed by atoms with E-state index in [2.05, 4.69) is 13.0 Å². The van der Waals surface area contributed by atoms with E-state index in [4.69, 9.17) is 4.74 Å². The highest BCUT2D eigenvalue weighted by Gasteiger charge is 2.18. The van der Waals surface area contributed by atoms with E-state index in [9.17, 15) is 4.79 Å². The van der Waals surface area contributed by atoms with Gasteiger partial charge in [-0.15, -0.1) is 0 Å². The van der Waals surface area contributed by atoms with Gasteiger partial charge in [0.25, 0.3) is 0 Å². The molecule has 0 aliphatic heterocycles. The van der Waals surface area contributed by atoms with Crippen LogP contribution in [0.1, 0.15) is 37.8 Å². The molecule has 0 radical (unpaired) electrons. The molecule has 0 N–H and O–H groups in total. The summed E-state index contributed by atoms with van der Waals surface area (Å²) in [4.78, 5) is 11.6. The normalized spacial score (nSPS) is 12.2. The standard InChI is InChI=1S/C13H18O2/c1-4-11-8-6-7-9-12(11)10(3)13(14)15-5-2/h6-10H,4-5H2,1-3H3. The molecule has 0 saturated heterocycles. The summed E-state index contributed by atoms with van der Waals surface area (Å²) in [5.41, 5.74) is 2.30. The fraction of sp³-hybridized carbons (Fsp3) is 0.462.